The molecule has 1 heterocycles. The van der Waals surface area contributed by atoms with Crippen molar-refractivity contribution in [1.82, 2.24) is 15.3 Å². The highest BCUT2D eigenvalue weighted by atomic mass is 35.5. The lowest BCUT2D eigenvalue weighted by Crippen LogP contribution is -2.19. The van der Waals surface area contributed by atoms with Gasteiger partial charge < -0.3 is 15.4 Å². The molecule has 1 amide bonds. The molecule has 6 nitrogen and oxygen atoms in total. The average Bonchev–Trinajstić information content (AvgIpc) is 2.47. The van der Waals surface area contributed by atoms with Gasteiger partial charge in [0, 0.05) is 7.05 Å². The van der Waals surface area contributed by atoms with Crippen molar-refractivity contribution in [3.8, 4) is 5.75 Å². The molecule has 2 aromatic rings. The number of para-hydroxylation sites is 1. The number of nitrogens with one attached hydrogen (secondary N) is 2. The molecule has 104 valence electrons. The molecule has 0 saturated carbocycles. The number of aromatic nitrogens is 2. The van der Waals surface area contributed by atoms with Crippen molar-refractivity contribution in [3.63, 3.8) is 0 Å². The van der Waals surface area contributed by atoms with E-state index in [-0.39, 0.29) is 11.2 Å². The van der Waals surface area contributed by atoms with Crippen molar-refractivity contribution in [2.45, 2.75) is 0 Å². The second kappa shape index (κ2) is 6.21. The smallest absolute Gasteiger partial charge is 0.253 e. The third kappa shape index (κ3) is 2.97. The third-order valence-corrected chi connectivity index (χ3v) is 2.78. The van der Waals surface area contributed by atoms with Crippen LogP contribution in [0.25, 0.3) is 0 Å². The monoisotopic (exact) mass is 292 g/mol. The zero-order valence-electron chi connectivity index (χ0n) is 11.0. The fourth-order valence-corrected chi connectivity index (χ4v) is 1.77. The predicted octanol–water partition coefficient (Wildman–Crippen LogP) is 2.24. The van der Waals surface area contributed by atoms with Gasteiger partial charge in [0.05, 0.1) is 24.6 Å². The fourth-order valence-electron chi connectivity index (χ4n) is 1.64. The normalized spacial score (nSPS) is 9.95. The molecule has 7 heteroatoms. The van der Waals surface area contributed by atoms with Gasteiger partial charge in [-0.1, -0.05) is 12.1 Å². The molecule has 0 aliphatic rings. The van der Waals surface area contributed by atoms with Crippen LogP contribution in [-0.2, 0) is 0 Å². The minimum Gasteiger partial charge on any atom is -0.491 e. The van der Waals surface area contributed by atoms with E-state index in [4.69, 9.17) is 16.3 Å². The molecule has 2 rings (SSSR count). The van der Waals surface area contributed by atoms with Crippen LogP contribution in [0.2, 0.25) is 5.28 Å². The largest absolute Gasteiger partial charge is 0.491 e. The number of nitrogens with zero attached hydrogens (tertiary/aromatic N) is 2. The van der Waals surface area contributed by atoms with E-state index in [0.717, 1.165) is 0 Å². The maximum Gasteiger partial charge on any atom is 0.253 e. The summed E-state index contributed by atoms with van der Waals surface area (Å²) in [6.45, 7) is 0. The van der Waals surface area contributed by atoms with Crippen molar-refractivity contribution < 1.29 is 9.53 Å². The summed E-state index contributed by atoms with van der Waals surface area (Å²) in [6, 6.07) is 7.06. The lowest BCUT2D eigenvalue weighted by Gasteiger charge is -2.12. The number of hydrogen-bond donors (Lipinski definition) is 2. The van der Waals surface area contributed by atoms with Crippen LogP contribution in [0.5, 0.6) is 5.75 Å². The number of methoxy groups -OCH3 is 1. The molecular formula is C13H13ClN4O2. The SMILES string of the molecule is CNC(=O)c1ccccc1Nc1nc(Cl)ncc1OC. The Morgan fingerprint density at radius 2 is 2.10 bits per heavy atom. The highest BCUT2D eigenvalue weighted by Crippen LogP contribution is 2.27. The summed E-state index contributed by atoms with van der Waals surface area (Å²) in [5.74, 6) is 0.622. The molecule has 0 aliphatic carbocycles. The minimum atomic E-state index is -0.202. The van der Waals surface area contributed by atoms with Crippen LogP contribution in [0.3, 0.4) is 0 Å². The van der Waals surface area contributed by atoms with Crippen LogP contribution in [0, 0.1) is 0 Å². The molecule has 0 bridgehead atoms. The van der Waals surface area contributed by atoms with E-state index in [9.17, 15) is 4.79 Å². The minimum absolute atomic E-state index is 0.0886. The van der Waals surface area contributed by atoms with Gasteiger partial charge >= 0.3 is 0 Å². The van der Waals surface area contributed by atoms with Crippen LogP contribution in [0.15, 0.2) is 30.5 Å². The Kier molecular flexibility index (Phi) is 4.37. The van der Waals surface area contributed by atoms with Gasteiger partial charge in [-0.3, -0.25) is 4.79 Å². The summed E-state index contributed by atoms with van der Waals surface area (Å²) >= 11 is 5.77. The average molecular weight is 293 g/mol. The molecular weight excluding hydrogens is 280 g/mol. The van der Waals surface area contributed by atoms with Crippen molar-refractivity contribution in [1.29, 1.82) is 0 Å². The summed E-state index contributed by atoms with van der Waals surface area (Å²) < 4.78 is 5.15. The van der Waals surface area contributed by atoms with E-state index < -0.39 is 0 Å². The summed E-state index contributed by atoms with van der Waals surface area (Å²) in [4.78, 5) is 19.7. The number of ether oxygens (including phenoxy) is 1. The van der Waals surface area contributed by atoms with E-state index in [0.29, 0.717) is 22.8 Å². The van der Waals surface area contributed by atoms with Crippen molar-refractivity contribution >= 4 is 29.0 Å². The molecule has 1 aromatic heterocycles. The molecule has 0 spiro atoms. The van der Waals surface area contributed by atoms with Crippen LogP contribution in [-0.4, -0.2) is 30.0 Å². The standard InChI is InChI=1S/C13H13ClN4O2/c1-15-12(19)8-5-3-4-6-9(8)17-11-10(20-2)7-16-13(14)18-11/h3-7H,1-2H3,(H,15,19)(H,16,17,18). The lowest BCUT2D eigenvalue weighted by molar-refractivity contribution is 0.0964. The molecule has 1 aromatic carbocycles. The Bertz CT molecular complexity index is 634. The maximum absolute atomic E-state index is 11.8. The maximum atomic E-state index is 11.8. The zero-order valence-corrected chi connectivity index (χ0v) is 11.7. The molecule has 0 unspecified atom stereocenters. The van der Waals surface area contributed by atoms with E-state index in [1.165, 1.54) is 13.3 Å². The van der Waals surface area contributed by atoms with E-state index >= 15 is 0 Å². The molecule has 0 aliphatic heterocycles. The Hall–Kier alpha value is -2.34. The first-order valence-corrected chi connectivity index (χ1v) is 6.18. The molecule has 0 radical (unpaired) electrons. The van der Waals surface area contributed by atoms with Crippen molar-refractivity contribution in [3.05, 3.63) is 41.3 Å². The highest BCUT2D eigenvalue weighted by molar-refractivity contribution is 6.28. The van der Waals surface area contributed by atoms with Crippen molar-refractivity contribution in [2.24, 2.45) is 0 Å². The van der Waals surface area contributed by atoms with Gasteiger partial charge in [0.1, 0.15) is 0 Å². The first-order chi connectivity index (χ1) is 9.65. The molecule has 20 heavy (non-hydrogen) atoms. The van der Waals surface area contributed by atoms with Gasteiger partial charge in [0.25, 0.3) is 5.91 Å². The summed E-state index contributed by atoms with van der Waals surface area (Å²) in [6.07, 6.45) is 1.46. The predicted molar refractivity (Wildman–Crippen MR) is 76.7 cm³/mol. The van der Waals surface area contributed by atoms with Gasteiger partial charge in [-0.25, -0.2) is 4.98 Å². The first-order valence-electron chi connectivity index (χ1n) is 5.80. The fraction of sp³-hybridized carbons (Fsp3) is 0.154. The number of anilines is 2. The first kappa shape index (κ1) is 14.1. The Balaban J connectivity index is 2.40. The van der Waals surface area contributed by atoms with Gasteiger partial charge in [-0.2, -0.15) is 4.98 Å². The van der Waals surface area contributed by atoms with Gasteiger partial charge in [0.2, 0.25) is 5.28 Å². The number of halogens is 1. The van der Waals surface area contributed by atoms with Crippen LogP contribution in [0.1, 0.15) is 10.4 Å². The van der Waals surface area contributed by atoms with Crippen LogP contribution in [0.4, 0.5) is 11.5 Å². The van der Waals surface area contributed by atoms with Gasteiger partial charge in [-0.15, -0.1) is 0 Å². The quantitative estimate of drug-likeness (QED) is 0.845. The second-order valence-electron chi connectivity index (χ2n) is 3.81. The lowest BCUT2D eigenvalue weighted by atomic mass is 10.1. The van der Waals surface area contributed by atoms with E-state index in [2.05, 4.69) is 20.6 Å². The molecule has 0 atom stereocenters. The molecule has 2 N–H and O–H groups in total. The van der Waals surface area contributed by atoms with Gasteiger partial charge in [-0.05, 0) is 23.7 Å². The zero-order chi connectivity index (χ0) is 14.5. The highest BCUT2D eigenvalue weighted by Gasteiger charge is 2.12. The number of benzene rings is 1. The summed E-state index contributed by atoms with van der Waals surface area (Å²) in [7, 11) is 3.07. The number of amides is 1. The third-order valence-electron chi connectivity index (χ3n) is 2.60. The van der Waals surface area contributed by atoms with E-state index in [1.54, 1.807) is 25.2 Å². The summed E-state index contributed by atoms with van der Waals surface area (Å²) in [5, 5.41) is 5.69. The Morgan fingerprint density at radius 1 is 1.35 bits per heavy atom. The number of carbonyl (C=O) groups is 1. The molecule has 0 fully saturated rings. The molecule has 0 saturated heterocycles. The van der Waals surface area contributed by atoms with E-state index in [1.807, 2.05) is 6.07 Å². The number of hydrogen-bond acceptors (Lipinski definition) is 5. The number of rotatable bonds is 4. The summed E-state index contributed by atoms with van der Waals surface area (Å²) in [5.41, 5.74) is 1.09. The Morgan fingerprint density at radius 3 is 2.80 bits per heavy atom. The van der Waals surface area contributed by atoms with Crippen LogP contribution >= 0.6 is 11.6 Å². The number of carbonyl (C=O) groups excluding carboxylic acids is 1. The Labute approximate surface area is 121 Å². The van der Waals surface area contributed by atoms with Gasteiger partial charge in [0.15, 0.2) is 11.6 Å². The van der Waals surface area contributed by atoms with Crippen LogP contribution < -0.4 is 15.4 Å². The van der Waals surface area contributed by atoms with Crippen molar-refractivity contribution in [2.75, 3.05) is 19.5 Å². The topological polar surface area (TPSA) is 76.1 Å². The second-order valence-corrected chi connectivity index (χ2v) is 4.14.